The highest BCUT2D eigenvalue weighted by molar-refractivity contribution is 6.05. The third-order valence-corrected chi connectivity index (χ3v) is 4.91. The van der Waals surface area contributed by atoms with E-state index in [-0.39, 0.29) is 12.7 Å². The van der Waals surface area contributed by atoms with Crippen LogP contribution in [0.25, 0.3) is 0 Å². The highest BCUT2D eigenvalue weighted by Crippen LogP contribution is 2.34. The molecule has 7 heteroatoms. The van der Waals surface area contributed by atoms with E-state index in [2.05, 4.69) is 27.1 Å². The fraction of sp³-hybridized carbons (Fsp3) is 0.421. The number of rotatable bonds is 3. The summed E-state index contributed by atoms with van der Waals surface area (Å²) in [6, 6.07) is 5.31. The highest BCUT2D eigenvalue weighted by atomic mass is 16.7. The maximum absolute atomic E-state index is 12.6. The molecule has 0 bridgehead atoms. The van der Waals surface area contributed by atoms with E-state index in [9.17, 15) is 4.79 Å². The predicted molar refractivity (Wildman–Crippen MR) is 97.9 cm³/mol. The molecule has 1 aromatic carbocycles. The number of carbonyl (C=O) groups excluding carboxylic acids is 1. The first-order valence-electron chi connectivity index (χ1n) is 8.90. The van der Waals surface area contributed by atoms with E-state index in [4.69, 9.17) is 9.47 Å². The maximum Gasteiger partial charge on any atom is 0.259 e. The van der Waals surface area contributed by atoms with Gasteiger partial charge in [0.2, 0.25) is 12.7 Å². The number of nitrogens with zero attached hydrogens (tertiary/aromatic N) is 3. The second-order valence-corrected chi connectivity index (χ2v) is 6.86. The maximum atomic E-state index is 12.6. The lowest BCUT2D eigenvalue weighted by Crippen LogP contribution is -2.34. The Labute approximate surface area is 152 Å². The summed E-state index contributed by atoms with van der Waals surface area (Å²) in [6.07, 6.45) is 3.90. The summed E-state index contributed by atoms with van der Waals surface area (Å²) in [4.78, 5) is 23.7. The van der Waals surface area contributed by atoms with E-state index >= 15 is 0 Å². The number of hydrogen-bond donors (Lipinski definition) is 1. The minimum Gasteiger partial charge on any atom is -0.454 e. The Balaban J connectivity index is 1.48. The van der Waals surface area contributed by atoms with Gasteiger partial charge in [0.1, 0.15) is 0 Å². The molecule has 2 aliphatic rings. The van der Waals surface area contributed by atoms with Crippen molar-refractivity contribution in [3.63, 3.8) is 0 Å². The normalized spacial score (nSPS) is 16.6. The second kappa shape index (κ2) is 6.82. The van der Waals surface area contributed by atoms with Crippen LogP contribution in [0.4, 0.5) is 11.6 Å². The molecule has 2 aromatic rings. The van der Waals surface area contributed by atoms with Gasteiger partial charge in [0.15, 0.2) is 11.5 Å². The molecule has 0 unspecified atom stereocenters. The summed E-state index contributed by atoms with van der Waals surface area (Å²) in [5, 5.41) is 2.87. The number of nitrogens with one attached hydrogen (secondary N) is 1. The molecule has 7 nitrogen and oxygen atoms in total. The molecule has 2 aliphatic heterocycles. The van der Waals surface area contributed by atoms with Crippen molar-refractivity contribution in [2.45, 2.75) is 26.7 Å². The minimum atomic E-state index is -0.236. The molecule has 26 heavy (non-hydrogen) atoms. The second-order valence-electron chi connectivity index (χ2n) is 6.86. The highest BCUT2D eigenvalue weighted by Gasteiger charge is 2.20. The van der Waals surface area contributed by atoms with E-state index in [1.807, 2.05) is 6.92 Å². The van der Waals surface area contributed by atoms with Gasteiger partial charge < -0.3 is 19.7 Å². The van der Waals surface area contributed by atoms with E-state index in [1.165, 1.54) is 0 Å². The Morgan fingerprint density at radius 3 is 2.77 bits per heavy atom. The molecule has 0 radical (unpaired) electrons. The van der Waals surface area contributed by atoms with Gasteiger partial charge in [-0.1, -0.05) is 6.92 Å². The van der Waals surface area contributed by atoms with Crippen molar-refractivity contribution in [2.24, 2.45) is 5.92 Å². The number of amides is 1. The average Bonchev–Trinajstić information content (AvgIpc) is 3.10. The van der Waals surface area contributed by atoms with Crippen molar-refractivity contribution in [1.82, 2.24) is 9.97 Å². The zero-order valence-corrected chi connectivity index (χ0v) is 15.0. The van der Waals surface area contributed by atoms with Crippen LogP contribution in [0.2, 0.25) is 0 Å². The fourth-order valence-electron chi connectivity index (χ4n) is 3.21. The zero-order chi connectivity index (χ0) is 18.1. The summed E-state index contributed by atoms with van der Waals surface area (Å²) < 4.78 is 10.6. The number of aryl methyl sites for hydroxylation is 1. The molecule has 1 amide bonds. The summed E-state index contributed by atoms with van der Waals surface area (Å²) in [6.45, 7) is 6.24. The van der Waals surface area contributed by atoms with Crippen molar-refractivity contribution in [1.29, 1.82) is 0 Å². The van der Waals surface area contributed by atoms with Crippen LogP contribution in [0.3, 0.4) is 0 Å². The molecule has 0 aliphatic carbocycles. The van der Waals surface area contributed by atoms with Crippen LogP contribution in [0, 0.1) is 12.8 Å². The van der Waals surface area contributed by atoms with Gasteiger partial charge in [-0.15, -0.1) is 0 Å². The van der Waals surface area contributed by atoms with E-state index in [0.717, 1.165) is 31.8 Å². The van der Waals surface area contributed by atoms with Crippen LogP contribution in [-0.2, 0) is 0 Å². The van der Waals surface area contributed by atoms with Gasteiger partial charge in [0.05, 0.1) is 11.3 Å². The van der Waals surface area contributed by atoms with Crippen LogP contribution < -0.4 is 19.7 Å². The predicted octanol–water partition coefficient (Wildman–Crippen LogP) is 3.00. The smallest absolute Gasteiger partial charge is 0.259 e. The van der Waals surface area contributed by atoms with Gasteiger partial charge in [-0.3, -0.25) is 4.79 Å². The molecular formula is C19H22N4O3. The first kappa shape index (κ1) is 16.6. The number of hydrogen-bond acceptors (Lipinski definition) is 6. The molecule has 1 fully saturated rings. The van der Waals surface area contributed by atoms with E-state index in [0.29, 0.717) is 34.4 Å². The Morgan fingerprint density at radius 1 is 1.23 bits per heavy atom. The lowest BCUT2D eigenvalue weighted by atomic mass is 10.00. The van der Waals surface area contributed by atoms with Gasteiger partial charge in [-0.05, 0) is 37.8 Å². The Hall–Kier alpha value is -2.83. The molecule has 1 aromatic heterocycles. The molecule has 136 valence electrons. The molecule has 1 saturated heterocycles. The number of fused-ring (bicyclic) bond motifs is 1. The van der Waals surface area contributed by atoms with Gasteiger partial charge in [0.25, 0.3) is 5.91 Å². The first-order valence-corrected chi connectivity index (χ1v) is 8.90. The summed E-state index contributed by atoms with van der Waals surface area (Å²) in [5.41, 5.74) is 1.79. The van der Waals surface area contributed by atoms with Crippen LogP contribution in [0.5, 0.6) is 11.5 Å². The topological polar surface area (TPSA) is 76.6 Å². The van der Waals surface area contributed by atoms with E-state index in [1.54, 1.807) is 24.4 Å². The van der Waals surface area contributed by atoms with Crippen molar-refractivity contribution >= 4 is 17.5 Å². The SMILES string of the molecule is Cc1nc(N2CCC(C)CC2)ncc1C(=O)Nc1ccc2c(c1)OCO2. The number of anilines is 2. The van der Waals surface area contributed by atoms with Crippen LogP contribution >= 0.6 is 0 Å². The van der Waals surface area contributed by atoms with Crippen LogP contribution in [0.1, 0.15) is 35.8 Å². The average molecular weight is 354 g/mol. The zero-order valence-electron chi connectivity index (χ0n) is 15.0. The molecule has 0 spiro atoms. The van der Waals surface area contributed by atoms with Crippen molar-refractivity contribution in [2.75, 3.05) is 30.1 Å². The molecule has 4 rings (SSSR count). The van der Waals surface area contributed by atoms with Gasteiger partial charge in [-0.25, -0.2) is 9.97 Å². The summed E-state index contributed by atoms with van der Waals surface area (Å²) in [5.74, 6) is 2.53. The third kappa shape index (κ3) is 3.29. The first-order chi connectivity index (χ1) is 12.6. The van der Waals surface area contributed by atoms with E-state index < -0.39 is 0 Å². The molecule has 0 saturated carbocycles. The van der Waals surface area contributed by atoms with Gasteiger partial charge in [-0.2, -0.15) is 0 Å². The summed E-state index contributed by atoms with van der Waals surface area (Å²) in [7, 11) is 0. The lowest BCUT2D eigenvalue weighted by Gasteiger charge is -2.30. The third-order valence-electron chi connectivity index (χ3n) is 4.91. The number of aromatic nitrogens is 2. The molecular weight excluding hydrogens is 332 g/mol. The number of carbonyl (C=O) groups is 1. The Kier molecular flexibility index (Phi) is 4.36. The Morgan fingerprint density at radius 2 is 2.00 bits per heavy atom. The minimum absolute atomic E-state index is 0.205. The van der Waals surface area contributed by atoms with Crippen LogP contribution in [0.15, 0.2) is 24.4 Å². The largest absolute Gasteiger partial charge is 0.454 e. The monoisotopic (exact) mass is 354 g/mol. The summed E-state index contributed by atoms with van der Waals surface area (Å²) >= 11 is 0. The standard InChI is InChI=1S/C19H22N4O3/c1-12-5-7-23(8-6-12)19-20-10-15(13(2)21-19)18(24)22-14-3-4-16-17(9-14)26-11-25-16/h3-4,9-10,12H,5-8,11H2,1-2H3,(H,22,24). The lowest BCUT2D eigenvalue weighted by molar-refractivity contribution is 0.102. The number of benzene rings is 1. The van der Waals surface area contributed by atoms with Gasteiger partial charge in [0, 0.05) is 31.0 Å². The van der Waals surface area contributed by atoms with Gasteiger partial charge >= 0.3 is 0 Å². The van der Waals surface area contributed by atoms with Crippen molar-refractivity contribution in [3.8, 4) is 11.5 Å². The van der Waals surface area contributed by atoms with Crippen molar-refractivity contribution < 1.29 is 14.3 Å². The Bertz CT molecular complexity index is 832. The number of piperidine rings is 1. The van der Waals surface area contributed by atoms with Crippen molar-refractivity contribution in [3.05, 3.63) is 35.7 Å². The number of ether oxygens (including phenoxy) is 2. The molecule has 0 atom stereocenters. The quantitative estimate of drug-likeness (QED) is 0.913. The molecule has 3 heterocycles. The molecule has 1 N–H and O–H groups in total. The fourth-order valence-corrected chi connectivity index (χ4v) is 3.21. The van der Waals surface area contributed by atoms with Crippen LogP contribution in [-0.4, -0.2) is 35.8 Å².